The minimum Gasteiger partial charge on any atom is -0.465 e. The second-order valence-corrected chi connectivity index (χ2v) is 4.80. The van der Waals surface area contributed by atoms with Crippen molar-refractivity contribution in [3.8, 4) is 0 Å². The predicted octanol–water partition coefficient (Wildman–Crippen LogP) is 2.82. The molecule has 1 aromatic carbocycles. The first kappa shape index (κ1) is 17.5. The van der Waals surface area contributed by atoms with Crippen molar-refractivity contribution in [2.75, 3.05) is 7.11 Å². The molecular formula is C16H13F3N2O3. The van der Waals surface area contributed by atoms with Crippen LogP contribution < -0.4 is 5.32 Å². The molecule has 0 aliphatic heterocycles. The molecule has 24 heavy (non-hydrogen) atoms. The third-order valence-corrected chi connectivity index (χ3v) is 3.15. The van der Waals surface area contributed by atoms with Gasteiger partial charge < -0.3 is 10.1 Å². The molecule has 1 amide bonds. The van der Waals surface area contributed by atoms with Gasteiger partial charge in [0.2, 0.25) is 0 Å². The molecular weight excluding hydrogens is 325 g/mol. The number of ether oxygens (including phenoxy) is 1. The summed E-state index contributed by atoms with van der Waals surface area (Å²) in [6.07, 6.45) is -3.19. The van der Waals surface area contributed by atoms with Crippen LogP contribution >= 0.6 is 0 Å². The number of hydrogen-bond acceptors (Lipinski definition) is 4. The lowest BCUT2D eigenvalue weighted by Gasteiger charge is -2.08. The molecule has 2 aromatic rings. The fourth-order valence-electron chi connectivity index (χ4n) is 1.85. The zero-order chi connectivity index (χ0) is 17.7. The van der Waals surface area contributed by atoms with E-state index in [4.69, 9.17) is 0 Å². The van der Waals surface area contributed by atoms with E-state index >= 15 is 0 Å². The number of hydrogen-bond donors (Lipinski definition) is 1. The van der Waals surface area contributed by atoms with Crippen LogP contribution in [-0.2, 0) is 17.5 Å². The van der Waals surface area contributed by atoms with Gasteiger partial charge >= 0.3 is 12.1 Å². The predicted molar refractivity (Wildman–Crippen MR) is 78.2 cm³/mol. The van der Waals surface area contributed by atoms with E-state index in [-0.39, 0.29) is 17.8 Å². The smallest absolute Gasteiger partial charge is 0.416 e. The van der Waals surface area contributed by atoms with Crippen LogP contribution in [0.5, 0.6) is 0 Å². The molecule has 0 fully saturated rings. The molecule has 126 valence electrons. The molecule has 0 aliphatic rings. The van der Waals surface area contributed by atoms with Crippen molar-refractivity contribution >= 4 is 11.9 Å². The number of nitrogens with zero attached hydrogens (tertiary/aromatic N) is 1. The van der Waals surface area contributed by atoms with Gasteiger partial charge in [0.25, 0.3) is 5.91 Å². The topological polar surface area (TPSA) is 68.3 Å². The number of pyridine rings is 1. The highest BCUT2D eigenvalue weighted by Crippen LogP contribution is 2.29. The monoisotopic (exact) mass is 338 g/mol. The fraction of sp³-hybridized carbons (Fsp3) is 0.188. The number of rotatable bonds is 4. The van der Waals surface area contributed by atoms with Gasteiger partial charge in [-0.05, 0) is 29.8 Å². The Morgan fingerprint density at radius 2 is 1.79 bits per heavy atom. The van der Waals surface area contributed by atoms with Crippen LogP contribution in [0.2, 0.25) is 0 Å². The second kappa shape index (κ2) is 7.12. The van der Waals surface area contributed by atoms with Crippen molar-refractivity contribution < 1.29 is 27.5 Å². The largest absolute Gasteiger partial charge is 0.465 e. The molecule has 0 radical (unpaired) electrons. The molecule has 0 aliphatic carbocycles. The Morgan fingerprint density at radius 3 is 2.29 bits per heavy atom. The molecule has 2 rings (SSSR count). The number of esters is 1. The molecule has 0 spiro atoms. The number of carbonyl (C=O) groups excluding carboxylic acids is 2. The number of nitrogens with one attached hydrogen (secondary N) is 1. The molecule has 0 saturated carbocycles. The summed E-state index contributed by atoms with van der Waals surface area (Å²) in [6, 6.07) is 7.23. The SMILES string of the molecule is COC(=O)c1ccc(C(=O)NCc2ccc(C(F)(F)F)cc2)nc1. The Hall–Kier alpha value is -2.90. The van der Waals surface area contributed by atoms with Gasteiger partial charge in [0, 0.05) is 12.7 Å². The first-order valence-corrected chi connectivity index (χ1v) is 6.80. The molecule has 1 aromatic heterocycles. The first-order valence-electron chi connectivity index (χ1n) is 6.80. The van der Waals surface area contributed by atoms with Crippen LogP contribution in [0.15, 0.2) is 42.6 Å². The molecule has 8 heteroatoms. The Morgan fingerprint density at radius 1 is 1.12 bits per heavy atom. The number of aromatic nitrogens is 1. The maximum atomic E-state index is 12.5. The third kappa shape index (κ3) is 4.31. The van der Waals surface area contributed by atoms with Crippen LogP contribution in [-0.4, -0.2) is 24.0 Å². The van der Waals surface area contributed by atoms with Crippen LogP contribution in [0, 0.1) is 0 Å². The van der Waals surface area contributed by atoms with Crippen molar-refractivity contribution in [2.45, 2.75) is 12.7 Å². The highest BCUT2D eigenvalue weighted by molar-refractivity contribution is 5.94. The van der Waals surface area contributed by atoms with Crippen molar-refractivity contribution in [2.24, 2.45) is 0 Å². The number of amides is 1. The van der Waals surface area contributed by atoms with Gasteiger partial charge in [-0.3, -0.25) is 9.78 Å². The fourth-order valence-corrected chi connectivity index (χ4v) is 1.85. The lowest BCUT2D eigenvalue weighted by Crippen LogP contribution is -2.24. The molecule has 1 N–H and O–H groups in total. The van der Waals surface area contributed by atoms with Gasteiger partial charge in [0.05, 0.1) is 18.2 Å². The Bertz CT molecular complexity index is 726. The number of benzene rings is 1. The van der Waals surface area contributed by atoms with E-state index in [9.17, 15) is 22.8 Å². The van der Waals surface area contributed by atoms with Crippen molar-refractivity contribution in [3.05, 3.63) is 65.0 Å². The molecule has 0 unspecified atom stereocenters. The number of methoxy groups -OCH3 is 1. The zero-order valence-electron chi connectivity index (χ0n) is 12.6. The first-order chi connectivity index (χ1) is 11.3. The van der Waals surface area contributed by atoms with E-state index < -0.39 is 23.6 Å². The van der Waals surface area contributed by atoms with E-state index in [1.807, 2.05) is 0 Å². The maximum Gasteiger partial charge on any atom is 0.416 e. The van der Waals surface area contributed by atoms with Crippen molar-refractivity contribution in [1.29, 1.82) is 0 Å². The molecule has 0 bridgehead atoms. The Kier molecular flexibility index (Phi) is 5.18. The quantitative estimate of drug-likeness (QED) is 0.871. The average Bonchev–Trinajstić information content (AvgIpc) is 2.58. The third-order valence-electron chi connectivity index (χ3n) is 3.15. The van der Waals surface area contributed by atoms with E-state index in [1.54, 1.807) is 0 Å². The summed E-state index contributed by atoms with van der Waals surface area (Å²) in [4.78, 5) is 27.0. The number of alkyl halides is 3. The number of halogens is 3. The molecule has 0 saturated heterocycles. The maximum absolute atomic E-state index is 12.5. The van der Waals surface area contributed by atoms with Crippen LogP contribution in [0.1, 0.15) is 32.0 Å². The Labute approximate surface area is 135 Å². The summed E-state index contributed by atoms with van der Waals surface area (Å²) in [6.45, 7) is 0.0530. The van der Waals surface area contributed by atoms with E-state index in [1.165, 1.54) is 37.6 Å². The summed E-state index contributed by atoms with van der Waals surface area (Å²) in [5, 5.41) is 2.54. The zero-order valence-corrected chi connectivity index (χ0v) is 12.6. The van der Waals surface area contributed by atoms with Crippen molar-refractivity contribution in [3.63, 3.8) is 0 Å². The lowest BCUT2D eigenvalue weighted by molar-refractivity contribution is -0.137. The van der Waals surface area contributed by atoms with Gasteiger partial charge in [-0.15, -0.1) is 0 Å². The van der Waals surface area contributed by atoms with Crippen molar-refractivity contribution in [1.82, 2.24) is 10.3 Å². The highest BCUT2D eigenvalue weighted by Gasteiger charge is 2.29. The molecule has 0 atom stereocenters. The van der Waals surface area contributed by atoms with Gasteiger partial charge in [0.15, 0.2) is 0 Å². The average molecular weight is 338 g/mol. The minimum atomic E-state index is -4.40. The van der Waals surface area contributed by atoms with Crippen LogP contribution in [0.25, 0.3) is 0 Å². The van der Waals surface area contributed by atoms with Crippen LogP contribution in [0.3, 0.4) is 0 Å². The summed E-state index contributed by atoms with van der Waals surface area (Å²) >= 11 is 0. The van der Waals surface area contributed by atoms with Gasteiger partial charge in [0.1, 0.15) is 5.69 Å². The van der Waals surface area contributed by atoms with Gasteiger partial charge in [-0.2, -0.15) is 13.2 Å². The summed E-state index contributed by atoms with van der Waals surface area (Å²) in [7, 11) is 1.23. The summed E-state index contributed by atoms with van der Waals surface area (Å²) < 4.78 is 41.9. The minimum absolute atomic E-state index is 0.0530. The Balaban J connectivity index is 1.96. The summed E-state index contributed by atoms with van der Waals surface area (Å²) in [5.41, 5.74) is 0.0477. The van der Waals surface area contributed by atoms with E-state index in [0.717, 1.165) is 12.1 Å². The normalized spacial score (nSPS) is 11.0. The summed E-state index contributed by atoms with van der Waals surface area (Å²) in [5.74, 6) is -1.08. The standard InChI is InChI=1S/C16H13F3N2O3/c1-24-15(23)11-4-7-13(20-9-11)14(22)21-8-10-2-5-12(6-3-10)16(17,18)19/h2-7,9H,8H2,1H3,(H,21,22). The van der Waals surface area contributed by atoms with Gasteiger partial charge in [-0.25, -0.2) is 4.79 Å². The van der Waals surface area contributed by atoms with E-state index in [0.29, 0.717) is 5.56 Å². The van der Waals surface area contributed by atoms with Gasteiger partial charge in [-0.1, -0.05) is 12.1 Å². The lowest BCUT2D eigenvalue weighted by atomic mass is 10.1. The van der Waals surface area contributed by atoms with Crippen LogP contribution in [0.4, 0.5) is 13.2 Å². The molecule has 1 heterocycles. The number of carbonyl (C=O) groups is 2. The second-order valence-electron chi connectivity index (χ2n) is 4.80. The highest BCUT2D eigenvalue weighted by atomic mass is 19.4. The molecule has 5 nitrogen and oxygen atoms in total. The van der Waals surface area contributed by atoms with E-state index in [2.05, 4.69) is 15.0 Å².